The van der Waals surface area contributed by atoms with Gasteiger partial charge in [-0.2, -0.15) is 0 Å². The van der Waals surface area contributed by atoms with Crippen LogP contribution in [-0.4, -0.2) is 18.4 Å². The first-order chi connectivity index (χ1) is 14.8. The Balaban J connectivity index is 1.49. The monoisotopic (exact) mass is 441 g/mol. The van der Waals surface area contributed by atoms with Crippen LogP contribution >= 0.6 is 11.6 Å². The summed E-state index contributed by atoms with van der Waals surface area (Å²) in [5, 5.41) is 6.62. The summed E-state index contributed by atoms with van der Waals surface area (Å²) in [6.45, 7) is 8.82. The van der Waals surface area contributed by atoms with E-state index < -0.39 is 0 Å². The molecule has 31 heavy (non-hydrogen) atoms. The molecule has 2 aromatic carbocycles. The highest BCUT2D eigenvalue weighted by molar-refractivity contribution is 6.37. The topological polar surface area (TPSA) is 38.3 Å². The summed E-state index contributed by atoms with van der Waals surface area (Å²) in [6.07, 6.45) is 8.30. The average molecular weight is 442 g/mol. The van der Waals surface area contributed by atoms with Crippen molar-refractivity contribution in [2.45, 2.75) is 84.4 Å². The van der Waals surface area contributed by atoms with Crippen molar-refractivity contribution in [3.63, 3.8) is 0 Å². The van der Waals surface area contributed by atoms with Gasteiger partial charge in [0.05, 0.1) is 11.1 Å². The van der Waals surface area contributed by atoms with E-state index in [0.29, 0.717) is 11.1 Å². The zero-order valence-corrected chi connectivity index (χ0v) is 20.0. The van der Waals surface area contributed by atoms with Crippen LogP contribution in [0.3, 0.4) is 0 Å². The lowest BCUT2D eigenvalue weighted by molar-refractivity contribution is -0.122. The molecular weight excluding hydrogens is 406 g/mol. The van der Waals surface area contributed by atoms with E-state index in [4.69, 9.17) is 16.3 Å². The van der Waals surface area contributed by atoms with Crippen LogP contribution in [0.1, 0.15) is 77.8 Å². The second-order valence-electron chi connectivity index (χ2n) is 10.3. The summed E-state index contributed by atoms with van der Waals surface area (Å²) >= 11 is 6.84. The largest absolute Gasteiger partial charge is 0.489 e. The molecule has 0 saturated heterocycles. The minimum absolute atomic E-state index is 0.00228. The number of halogens is 1. The van der Waals surface area contributed by atoms with E-state index >= 15 is 0 Å². The number of ether oxygens (including phenoxy) is 1. The summed E-state index contributed by atoms with van der Waals surface area (Å²) < 4.78 is 6.35. The number of carbonyl (C=O) groups excluding carboxylic acids is 1. The van der Waals surface area contributed by atoms with Gasteiger partial charge in [-0.25, -0.2) is 0 Å². The van der Waals surface area contributed by atoms with Crippen molar-refractivity contribution in [3.05, 3.63) is 40.9 Å². The molecule has 2 fully saturated rings. The Bertz CT molecular complexity index is 932. The Morgan fingerprint density at radius 2 is 1.90 bits per heavy atom. The summed E-state index contributed by atoms with van der Waals surface area (Å²) in [5.74, 6) is 1.81. The minimum atomic E-state index is 0.00228. The number of hydrogen-bond acceptors (Lipinski definition) is 3. The van der Waals surface area contributed by atoms with Gasteiger partial charge in [0, 0.05) is 23.4 Å². The van der Waals surface area contributed by atoms with Gasteiger partial charge >= 0.3 is 0 Å². The molecule has 4 heteroatoms. The molecule has 0 bridgehead atoms. The van der Waals surface area contributed by atoms with E-state index in [-0.39, 0.29) is 23.5 Å². The number of rotatable bonds is 7. The highest BCUT2D eigenvalue weighted by Gasteiger charge is 2.48. The summed E-state index contributed by atoms with van der Waals surface area (Å²) in [5.41, 5.74) is 1.21. The van der Waals surface area contributed by atoms with Crippen LogP contribution < -0.4 is 10.1 Å². The molecule has 0 aromatic heterocycles. The molecule has 2 saturated carbocycles. The third-order valence-electron chi connectivity index (χ3n) is 8.07. The molecule has 3 nitrogen and oxygen atoms in total. The Morgan fingerprint density at radius 1 is 1.19 bits per heavy atom. The fourth-order valence-corrected chi connectivity index (χ4v) is 5.62. The fraction of sp³-hybridized carbons (Fsp3) is 0.593. The normalized spacial score (nSPS) is 28.7. The number of aldehydes is 1. The van der Waals surface area contributed by atoms with E-state index in [1.807, 2.05) is 6.07 Å². The highest BCUT2D eigenvalue weighted by Crippen LogP contribution is 2.46. The molecule has 0 heterocycles. The van der Waals surface area contributed by atoms with Gasteiger partial charge in [0.2, 0.25) is 0 Å². The van der Waals surface area contributed by atoms with Crippen molar-refractivity contribution in [2.24, 2.45) is 17.3 Å². The van der Waals surface area contributed by atoms with Gasteiger partial charge < -0.3 is 14.8 Å². The molecular formula is C27H36ClNO2. The number of nitrogens with one attached hydrogen (secondary N) is 1. The zero-order chi connectivity index (χ0) is 22.2. The van der Waals surface area contributed by atoms with Gasteiger partial charge in [-0.3, -0.25) is 0 Å². The minimum Gasteiger partial charge on any atom is -0.489 e. The van der Waals surface area contributed by atoms with Crippen molar-refractivity contribution in [1.29, 1.82) is 0 Å². The quantitative estimate of drug-likeness (QED) is 0.465. The molecule has 0 aliphatic heterocycles. The average Bonchev–Trinajstić information content (AvgIpc) is 2.78. The Hall–Kier alpha value is -1.58. The predicted octanol–water partition coefficient (Wildman–Crippen LogP) is 7.11. The molecule has 168 valence electrons. The maximum atomic E-state index is 11.2. The van der Waals surface area contributed by atoms with Crippen LogP contribution in [0.25, 0.3) is 10.8 Å². The van der Waals surface area contributed by atoms with Crippen molar-refractivity contribution in [2.75, 3.05) is 0 Å². The Labute approximate surface area is 191 Å². The van der Waals surface area contributed by atoms with Crippen molar-refractivity contribution in [1.82, 2.24) is 5.32 Å². The van der Waals surface area contributed by atoms with Crippen LogP contribution in [0, 0.1) is 17.3 Å². The molecule has 0 spiro atoms. The van der Waals surface area contributed by atoms with Crippen LogP contribution in [0.2, 0.25) is 5.02 Å². The second-order valence-corrected chi connectivity index (χ2v) is 10.6. The Morgan fingerprint density at radius 3 is 2.55 bits per heavy atom. The van der Waals surface area contributed by atoms with Gasteiger partial charge in [-0.1, -0.05) is 57.0 Å². The molecule has 0 amide bonds. The number of hydrogen-bond donors (Lipinski definition) is 1. The SMILES string of the molecule is CCC1CCC(Oc2ccc3ccc(C(C)NC4CC(C=O)C4(C)C)cc3c2Cl)CC1. The smallest absolute Gasteiger partial charge is 0.138 e. The zero-order valence-electron chi connectivity index (χ0n) is 19.3. The first-order valence-corrected chi connectivity index (χ1v) is 12.3. The molecule has 1 N–H and O–H groups in total. The van der Waals surface area contributed by atoms with Gasteiger partial charge in [-0.05, 0) is 73.4 Å². The van der Waals surface area contributed by atoms with Gasteiger partial charge in [0.15, 0.2) is 0 Å². The van der Waals surface area contributed by atoms with E-state index in [1.54, 1.807) is 0 Å². The summed E-state index contributed by atoms with van der Waals surface area (Å²) in [4.78, 5) is 11.2. The maximum Gasteiger partial charge on any atom is 0.138 e. The third-order valence-corrected chi connectivity index (χ3v) is 8.46. The number of fused-ring (bicyclic) bond motifs is 1. The standard InChI is InChI=1S/C27H36ClNO2/c1-5-18-6-11-22(12-7-18)31-24-13-10-19-8-9-20(14-23(19)26(24)28)17(2)29-25-15-21(16-30)27(25,3)4/h8-10,13-14,16-18,21-22,25,29H,5-7,11-12,15H2,1-4H3. The summed E-state index contributed by atoms with van der Waals surface area (Å²) in [7, 11) is 0. The fourth-order valence-electron chi connectivity index (χ4n) is 5.35. The van der Waals surface area contributed by atoms with Gasteiger partial charge in [0.25, 0.3) is 0 Å². The first kappa shape index (κ1) is 22.6. The molecule has 0 radical (unpaired) electrons. The van der Waals surface area contributed by atoms with E-state index in [2.05, 4.69) is 57.3 Å². The molecule has 2 aromatic rings. The van der Waals surface area contributed by atoms with Crippen LogP contribution in [0.4, 0.5) is 0 Å². The molecule has 4 rings (SSSR count). The van der Waals surface area contributed by atoms with E-state index in [1.165, 1.54) is 24.8 Å². The van der Waals surface area contributed by atoms with E-state index in [9.17, 15) is 4.79 Å². The van der Waals surface area contributed by atoms with Gasteiger partial charge in [0.1, 0.15) is 12.0 Å². The summed E-state index contributed by atoms with van der Waals surface area (Å²) in [6, 6.07) is 11.2. The van der Waals surface area contributed by atoms with Crippen LogP contribution in [0.15, 0.2) is 30.3 Å². The van der Waals surface area contributed by atoms with E-state index in [0.717, 1.165) is 48.0 Å². The lowest BCUT2D eigenvalue weighted by Gasteiger charge is -2.51. The molecule has 2 aliphatic rings. The molecule has 3 atom stereocenters. The van der Waals surface area contributed by atoms with Crippen LogP contribution in [0.5, 0.6) is 5.75 Å². The first-order valence-electron chi connectivity index (χ1n) is 11.9. The maximum absolute atomic E-state index is 11.2. The van der Waals surface area contributed by atoms with Crippen molar-refractivity contribution < 1.29 is 9.53 Å². The molecule has 3 unspecified atom stereocenters. The number of benzene rings is 2. The third kappa shape index (κ3) is 4.50. The van der Waals surface area contributed by atoms with Crippen molar-refractivity contribution in [3.8, 4) is 5.75 Å². The van der Waals surface area contributed by atoms with Crippen LogP contribution in [-0.2, 0) is 4.79 Å². The lowest BCUT2D eigenvalue weighted by atomic mass is 9.59. The predicted molar refractivity (Wildman–Crippen MR) is 129 cm³/mol. The Kier molecular flexibility index (Phi) is 6.65. The highest BCUT2D eigenvalue weighted by atomic mass is 35.5. The number of carbonyl (C=O) groups is 1. The second kappa shape index (κ2) is 9.11. The van der Waals surface area contributed by atoms with Crippen molar-refractivity contribution >= 4 is 28.7 Å². The lowest BCUT2D eigenvalue weighted by Crippen LogP contribution is -2.57. The molecule has 2 aliphatic carbocycles. The van der Waals surface area contributed by atoms with Gasteiger partial charge in [-0.15, -0.1) is 0 Å².